The number of anilines is 1. The van der Waals surface area contributed by atoms with Crippen LogP contribution in [0.25, 0.3) is 0 Å². The summed E-state index contributed by atoms with van der Waals surface area (Å²) >= 11 is 1.47. The largest absolute Gasteiger partial charge is 0.481 e. The number of hydrogen-bond acceptors (Lipinski definition) is 7. The first-order valence-electron chi connectivity index (χ1n) is 7.92. The van der Waals surface area contributed by atoms with E-state index in [9.17, 15) is 4.79 Å². The van der Waals surface area contributed by atoms with Crippen LogP contribution in [0.2, 0.25) is 0 Å². The molecule has 1 amide bonds. The molecule has 0 unspecified atom stereocenters. The summed E-state index contributed by atoms with van der Waals surface area (Å²) in [5.74, 6) is 1.39. The number of thiazole rings is 1. The van der Waals surface area contributed by atoms with Gasteiger partial charge in [0.1, 0.15) is 17.0 Å². The lowest BCUT2D eigenvalue weighted by Crippen LogP contribution is -2.42. The van der Waals surface area contributed by atoms with Gasteiger partial charge >= 0.3 is 0 Å². The van der Waals surface area contributed by atoms with Gasteiger partial charge in [0.15, 0.2) is 0 Å². The van der Waals surface area contributed by atoms with Crippen LogP contribution in [0.5, 0.6) is 5.88 Å². The quantitative estimate of drug-likeness (QED) is 0.914. The number of nitrogens with one attached hydrogen (secondary N) is 1. The second-order valence-electron chi connectivity index (χ2n) is 5.80. The van der Waals surface area contributed by atoms with Crippen molar-refractivity contribution in [2.24, 2.45) is 0 Å². The zero-order valence-corrected chi connectivity index (χ0v) is 14.9. The fraction of sp³-hybridized carbons (Fsp3) is 0.500. The summed E-state index contributed by atoms with van der Waals surface area (Å²) in [6, 6.07) is 2.07. The van der Waals surface area contributed by atoms with Gasteiger partial charge in [-0.1, -0.05) is 0 Å². The molecule has 0 aromatic carbocycles. The number of piperidine rings is 1. The predicted octanol–water partition coefficient (Wildman–Crippen LogP) is 2.28. The first-order chi connectivity index (χ1) is 11.6. The third kappa shape index (κ3) is 3.64. The predicted molar refractivity (Wildman–Crippen MR) is 92.7 cm³/mol. The molecule has 1 fully saturated rings. The minimum Gasteiger partial charge on any atom is -0.481 e. The van der Waals surface area contributed by atoms with E-state index in [4.69, 9.17) is 4.74 Å². The van der Waals surface area contributed by atoms with Crippen molar-refractivity contribution in [3.05, 3.63) is 28.0 Å². The molecular formula is C16H21N5O2S. The lowest BCUT2D eigenvalue weighted by atomic mass is 10.0. The van der Waals surface area contributed by atoms with Gasteiger partial charge in [0, 0.05) is 25.2 Å². The van der Waals surface area contributed by atoms with Crippen LogP contribution in [0, 0.1) is 13.8 Å². The fourth-order valence-corrected chi connectivity index (χ4v) is 3.73. The summed E-state index contributed by atoms with van der Waals surface area (Å²) < 4.78 is 5.11. The highest BCUT2D eigenvalue weighted by atomic mass is 32.1. The van der Waals surface area contributed by atoms with Gasteiger partial charge in [0.2, 0.25) is 5.88 Å². The van der Waals surface area contributed by atoms with Crippen LogP contribution in [0.15, 0.2) is 12.4 Å². The molecule has 3 heterocycles. The maximum atomic E-state index is 12.6. The summed E-state index contributed by atoms with van der Waals surface area (Å²) in [5.41, 5.74) is 0.829. The van der Waals surface area contributed by atoms with E-state index in [0.29, 0.717) is 5.88 Å². The molecule has 0 atom stereocenters. The van der Waals surface area contributed by atoms with Crippen molar-refractivity contribution in [2.45, 2.75) is 32.7 Å². The molecule has 1 aliphatic rings. The van der Waals surface area contributed by atoms with Crippen molar-refractivity contribution < 1.29 is 9.53 Å². The van der Waals surface area contributed by atoms with E-state index < -0.39 is 0 Å². The molecule has 0 spiro atoms. The molecule has 3 rings (SSSR count). The normalized spacial score (nSPS) is 15.4. The molecule has 2 aromatic heterocycles. The summed E-state index contributed by atoms with van der Waals surface area (Å²) in [5, 5.41) is 4.33. The highest BCUT2D eigenvalue weighted by Gasteiger charge is 2.26. The Morgan fingerprint density at radius 1 is 1.33 bits per heavy atom. The standard InChI is InChI=1S/C16H21N5O2S/c1-10-15(24-11(2)19-10)16(22)21-6-4-12(5-7-21)20-13-8-14(23-3)18-9-17-13/h8-9,12H,4-7H2,1-3H3,(H,17,18,20). The van der Waals surface area contributed by atoms with Gasteiger partial charge in [0.05, 0.1) is 17.8 Å². The molecule has 128 valence electrons. The third-order valence-electron chi connectivity index (χ3n) is 4.08. The lowest BCUT2D eigenvalue weighted by Gasteiger charge is -2.32. The number of carbonyl (C=O) groups is 1. The molecule has 0 aliphatic carbocycles. The molecule has 1 aliphatic heterocycles. The maximum absolute atomic E-state index is 12.6. The second kappa shape index (κ2) is 7.12. The van der Waals surface area contributed by atoms with Crippen molar-refractivity contribution in [1.29, 1.82) is 0 Å². The van der Waals surface area contributed by atoms with E-state index in [1.54, 1.807) is 13.2 Å². The molecule has 0 radical (unpaired) electrons. The van der Waals surface area contributed by atoms with E-state index in [1.165, 1.54) is 17.7 Å². The average molecular weight is 347 g/mol. The molecule has 7 nitrogen and oxygen atoms in total. The van der Waals surface area contributed by atoms with Crippen LogP contribution in [-0.4, -0.2) is 52.0 Å². The van der Waals surface area contributed by atoms with E-state index >= 15 is 0 Å². The van der Waals surface area contributed by atoms with Crippen molar-refractivity contribution in [3.63, 3.8) is 0 Å². The molecule has 2 aromatic rings. The molecule has 24 heavy (non-hydrogen) atoms. The van der Waals surface area contributed by atoms with Crippen LogP contribution in [0.1, 0.15) is 33.2 Å². The Kier molecular flexibility index (Phi) is 4.94. The average Bonchev–Trinajstić information content (AvgIpc) is 2.93. The first-order valence-corrected chi connectivity index (χ1v) is 8.74. The van der Waals surface area contributed by atoms with Crippen molar-refractivity contribution >= 4 is 23.1 Å². The smallest absolute Gasteiger partial charge is 0.265 e. The van der Waals surface area contributed by atoms with Crippen molar-refractivity contribution in [1.82, 2.24) is 19.9 Å². The van der Waals surface area contributed by atoms with Gasteiger partial charge < -0.3 is 15.0 Å². The summed E-state index contributed by atoms with van der Waals surface area (Å²) in [4.78, 5) is 27.9. The van der Waals surface area contributed by atoms with E-state index in [2.05, 4.69) is 20.3 Å². The zero-order valence-electron chi connectivity index (χ0n) is 14.1. The first kappa shape index (κ1) is 16.6. The molecule has 1 N–H and O–H groups in total. The monoisotopic (exact) mass is 347 g/mol. The number of aryl methyl sites for hydroxylation is 2. The number of amides is 1. The Balaban J connectivity index is 1.57. The van der Waals surface area contributed by atoms with Gasteiger partial charge in [-0.3, -0.25) is 4.79 Å². The van der Waals surface area contributed by atoms with Crippen LogP contribution >= 0.6 is 11.3 Å². The highest BCUT2D eigenvalue weighted by molar-refractivity contribution is 7.13. The second-order valence-corrected chi connectivity index (χ2v) is 7.01. The molecule has 1 saturated heterocycles. The molecular weight excluding hydrogens is 326 g/mol. The molecule has 0 saturated carbocycles. The van der Waals surface area contributed by atoms with Crippen LogP contribution < -0.4 is 10.1 Å². The fourth-order valence-electron chi connectivity index (χ4n) is 2.84. The summed E-state index contributed by atoms with van der Waals surface area (Å²) in [6.07, 6.45) is 3.25. The number of rotatable bonds is 4. The molecule has 0 bridgehead atoms. The lowest BCUT2D eigenvalue weighted by molar-refractivity contribution is 0.0722. The summed E-state index contributed by atoms with van der Waals surface area (Å²) in [6.45, 7) is 5.29. The number of hydrogen-bond donors (Lipinski definition) is 1. The maximum Gasteiger partial charge on any atom is 0.265 e. The Bertz CT molecular complexity index is 725. The number of ether oxygens (including phenoxy) is 1. The van der Waals surface area contributed by atoms with Crippen molar-refractivity contribution in [2.75, 3.05) is 25.5 Å². The Morgan fingerprint density at radius 3 is 2.71 bits per heavy atom. The van der Waals surface area contributed by atoms with Crippen LogP contribution in [0.3, 0.4) is 0 Å². The van der Waals surface area contributed by atoms with Crippen LogP contribution in [0.4, 0.5) is 5.82 Å². The van der Waals surface area contributed by atoms with E-state index in [1.807, 2.05) is 18.7 Å². The van der Waals surface area contributed by atoms with Gasteiger partial charge in [-0.05, 0) is 26.7 Å². The SMILES string of the molecule is COc1cc(NC2CCN(C(=O)c3sc(C)nc3C)CC2)ncn1. The topological polar surface area (TPSA) is 80.2 Å². The minimum absolute atomic E-state index is 0.0975. The van der Waals surface area contributed by atoms with E-state index in [0.717, 1.165) is 47.3 Å². The van der Waals surface area contributed by atoms with Crippen LogP contribution in [-0.2, 0) is 0 Å². The van der Waals surface area contributed by atoms with Crippen molar-refractivity contribution in [3.8, 4) is 5.88 Å². The van der Waals surface area contributed by atoms with Gasteiger partial charge in [-0.2, -0.15) is 0 Å². The number of carbonyl (C=O) groups excluding carboxylic acids is 1. The number of nitrogens with zero attached hydrogens (tertiary/aromatic N) is 4. The van der Waals surface area contributed by atoms with Gasteiger partial charge in [-0.15, -0.1) is 11.3 Å². The number of aromatic nitrogens is 3. The highest BCUT2D eigenvalue weighted by Crippen LogP contribution is 2.23. The van der Waals surface area contributed by atoms with Gasteiger partial charge in [-0.25, -0.2) is 15.0 Å². The zero-order chi connectivity index (χ0) is 17.1. The minimum atomic E-state index is 0.0975. The Hall–Kier alpha value is -2.22. The van der Waals surface area contributed by atoms with E-state index in [-0.39, 0.29) is 11.9 Å². The Morgan fingerprint density at radius 2 is 2.08 bits per heavy atom. The molecule has 8 heteroatoms. The Labute approximate surface area is 145 Å². The van der Waals surface area contributed by atoms with Gasteiger partial charge in [0.25, 0.3) is 5.91 Å². The third-order valence-corrected chi connectivity index (χ3v) is 5.14. The summed E-state index contributed by atoms with van der Waals surface area (Å²) in [7, 11) is 1.58. The number of methoxy groups -OCH3 is 1. The number of likely N-dealkylation sites (tertiary alicyclic amines) is 1.